The van der Waals surface area contributed by atoms with Gasteiger partial charge < -0.3 is 5.73 Å². The van der Waals surface area contributed by atoms with E-state index in [0.717, 1.165) is 0 Å². The van der Waals surface area contributed by atoms with Crippen LogP contribution in [0.15, 0.2) is 12.1 Å². The van der Waals surface area contributed by atoms with Gasteiger partial charge in [-0.15, -0.1) is 0 Å². The summed E-state index contributed by atoms with van der Waals surface area (Å²) in [6.07, 6.45) is 0. The molecule has 0 saturated heterocycles. The molecule has 1 unspecified atom stereocenters. The molecule has 70 valence electrons. The van der Waals surface area contributed by atoms with E-state index in [4.69, 9.17) is 27.9 Å². The summed E-state index contributed by atoms with van der Waals surface area (Å²) in [4.78, 5) is 0. The predicted molar refractivity (Wildman–Crippen MR) is 54.6 cm³/mol. The van der Waals surface area contributed by atoms with Gasteiger partial charge in [-0.05, 0) is 24.6 Å². The number of nitrogens with two attached hydrogens (primary N) is 1. The van der Waals surface area contributed by atoms with Gasteiger partial charge in [-0.1, -0.05) is 11.6 Å². The first kappa shape index (κ1) is 10.4. The smallest absolute Gasteiger partial charge is 0.101 e. The van der Waals surface area contributed by atoms with Gasteiger partial charge in [0.1, 0.15) is 6.07 Å². The average Bonchev–Trinajstić information content (AvgIpc) is 2.20. The van der Waals surface area contributed by atoms with E-state index in [-0.39, 0.29) is 11.6 Å². The summed E-state index contributed by atoms with van der Waals surface area (Å²) in [5, 5.41) is 17.8. The molecular weight excluding hydrogens is 198 g/mol. The predicted octanol–water partition coefficient (Wildman–Crippen LogP) is 2.42. The highest BCUT2D eigenvalue weighted by Gasteiger charge is 2.10. The van der Waals surface area contributed by atoms with Crippen LogP contribution in [0.25, 0.3) is 0 Å². The van der Waals surface area contributed by atoms with E-state index in [0.29, 0.717) is 16.1 Å². The van der Waals surface area contributed by atoms with E-state index in [1.807, 2.05) is 6.07 Å². The zero-order valence-electron chi connectivity index (χ0n) is 7.58. The first-order valence-corrected chi connectivity index (χ1v) is 4.36. The highest BCUT2D eigenvalue weighted by atomic mass is 35.5. The molecule has 14 heavy (non-hydrogen) atoms. The van der Waals surface area contributed by atoms with Crippen molar-refractivity contribution in [2.45, 2.75) is 12.8 Å². The maximum Gasteiger partial charge on any atom is 0.101 e. The standard InChI is InChI=1S/C10H8ClN3/c1-6(4-12)7-2-8(5-13)10(14)9(11)3-7/h2-3,6H,14H2,1H3. The van der Waals surface area contributed by atoms with Crippen molar-refractivity contribution in [3.05, 3.63) is 28.3 Å². The maximum atomic E-state index is 8.75. The SMILES string of the molecule is CC(C#N)c1cc(Cl)c(N)c(C#N)c1. The van der Waals surface area contributed by atoms with Gasteiger partial charge in [0.2, 0.25) is 0 Å². The minimum absolute atomic E-state index is 0.267. The summed E-state index contributed by atoms with van der Waals surface area (Å²) in [7, 11) is 0. The Morgan fingerprint density at radius 1 is 1.43 bits per heavy atom. The maximum absolute atomic E-state index is 8.75. The molecule has 0 radical (unpaired) electrons. The fourth-order valence-corrected chi connectivity index (χ4v) is 1.28. The zero-order chi connectivity index (χ0) is 10.7. The van der Waals surface area contributed by atoms with Gasteiger partial charge in [-0.3, -0.25) is 0 Å². The summed E-state index contributed by atoms with van der Waals surface area (Å²) in [6, 6.07) is 7.22. The molecule has 3 nitrogen and oxygen atoms in total. The Morgan fingerprint density at radius 3 is 2.57 bits per heavy atom. The largest absolute Gasteiger partial charge is 0.396 e. The van der Waals surface area contributed by atoms with Gasteiger partial charge in [0.15, 0.2) is 0 Å². The van der Waals surface area contributed by atoms with Crippen molar-refractivity contribution in [3.63, 3.8) is 0 Å². The Morgan fingerprint density at radius 2 is 2.07 bits per heavy atom. The summed E-state index contributed by atoms with van der Waals surface area (Å²) >= 11 is 5.81. The van der Waals surface area contributed by atoms with Crippen LogP contribution in [0, 0.1) is 22.7 Å². The van der Waals surface area contributed by atoms with E-state index < -0.39 is 0 Å². The second-order valence-electron chi connectivity index (χ2n) is 2.93. The van der Waals surface area contributed by atoms with Crippen LogP contribution in [0.2, 0.25) is 5.02 Å². The van der Waals surface area contributed by atoms with E-state index in [2.05, 4.69) is 6.07 Å². The number of hydrogen-bond acceptors (Lipinski definition) is 3. The van der Waals surface area contributed by atoms with Gasteiger partial charge in [0.05, 0.1) is 28.3 Å². The zero-order valence-corrected chi connectivity index (χ0v) is 8.34. The number of rotatable bonds is 1. The molecule has 0 heterocycles. The van der Waals surface area contributed by atoms with Gasteiger partial charge in [0, 0.05) is 0 Å². The third-order valence-corrected chi connectivity index (χ3v) is 2.28. The topological polar surface area (TPSA) is 73.6 Å². The van der Waals surface area contributed by atoms with Crippen molar-refractivity contribution in [2.24, 2.45) is 0 Å². The minimum atomic E-state index is -0.291. The van der Waals surface area contributed by atoms with Gasteiger partial charge in [-0.25, -0.2) is 0 Å². The van der Waals surface area contributed by atoms with Crippen LogP contribution in [0.3, 0.4) is 0 Å². The third-order valence-electron chi connectivity index (χ3n) is 1.97. The molecule has 1 rings (SSSR count). The molecule has 4 heteroatoms. The average molecular weight is 206 g/mol. The van der Waals surface area contributed by atoms with Gasteiger partial charge in [-0.2, -0.15) is 10.5 Å². The second kappa shape index (κ2) is 4.00. The highest BCUT2D eigenvalue weighted by Crippen LogP contribution is 2.27. The van der Waals surface area contributed by atoms with Crippen molar-refractivity contribution in [2.75, 3.05) is 5.73 Å². The van der Waals surface area contributed by atoms with Crippen LogP contribution < -0.4 is 5.73 Å². The number of halogens is 1. The minimum Gasteiger partial charge on any atom is -0.396 e. The molecule has 0 aromatic heterocycles. The van der Waals surface area contributed by atoms with E-state index in [1.165, 1.54) is 0 Å². The fourth-order valence-electron chi connectivity index (χ4n) is 1.06. The number of nitriles is 2. The molecule has 0 saturated carbocycles. The summed E-state index contributed by atoms with van der Waals surface area (Å²) in [5.41, 5.74) is 6.86. The number of hydrogen-bond donors (Lipinski definition) is 1. The number of nitrogens with zero attached hydrogens (tertiary/aromatic N) is 2. The second-order valence-corrected chi connectivity index (χ2v) is 3.33. The lowest BCUT2D eigenvalue weighted by Crippen LogP contribution is -1.96. The van der Waals surface area contributed by atoms with Gasteiger partial charge >= 0.3 is 0 Å². The number of nitrogen functional groups attached to an aromatic ring is 1. The molecule has 0 aliphatic heterocycles. The normalized spacial score (nSPS) is 11.4. The molecule has 0 aliphatic rings. The molecule has 0 amide bonds. The van der Waals surface area contributed by atoms with E-state index >= 15 is 0 Å². The monoisotopic (exact) mass is 205 g/mol. The van der Waals surface area contributed by atoms with Crippen LogP contribution in [0.5, 0.6) is 0 Å². The van der Waals surface area contributed by atoms with Crippen molar-refractivity contribution < 1.29 is 0 Å². The first-order valence-electron chi connectivity index (χ1n) is 3.98. The third kappa shape index (κ3) is 1.79. The molecule has 0 fully saturated rings. The van der Waals surface area contributed by atoms with Crippen LogP contribution in [0.1, 0.15) is 24.0 Å². The summed E-state index contributed by atoms with van der Waals surface area (Å²) < 4.78 is 0. The Kier molecular flexibility index (Phi) is 2.96. The highest BCUT2D eigenvalue weighted by molar-refractivity contribution is 6.33. The molecule has 1 atom stereocenters. The quantitative estimate of drug-likeness (QED) is 0.716. The molecule has 1 aromatic carbocycles. The number of anilines is 1. The molecule has 1 aromatic rings. The molecule has 0 bridgehead atoms. The Labute approximate surface area is 87.3 Å². The van der Waals surface area contributed by atoms with Crippen molar-refractivity contribution in [3.8, 4) is 12.1 Å². The summed E-state index contributed by atoms with van der Waals surface area (Å²) in [5.74, 6) is -0.291. The lowest BCUT2D eigenvalue weighted by Gasteiger charge is -2.06. The van der Waals surface area contributed by atoms with Crippen LogP contribution in [0.4, 0.5) is 5.69 Å². The van der Waals surface area contributed by atoms with Crippen molar-refractivity contribution >= 4 is 17.3 Å². The van der Waals surface area contributed by atoms with Crippen LogP contribution >= 0.6 is 11.6 Å². The van der Waals surface area contributed by atoms with Crippen LogP contribution in [-0.4, -0.2) is 0 Å². The van der Waals surface area contributed by atoms with Crippen LogP contribution in [-0.2, 0) is 0 Å². The van der Waals surface area contributed by atoms with E-state index in [9.17, 15) is 0 Å². The summed E-state index contributed by atoms with van der Waals surface area (Å²) in [6.45, 7) is 1.74. The molecular formula is C10H8ClN3. The van der Waals surface area contributed by atoms with Crippen molar-refractivity contribution in [1.29, 1.82) is 10.5 Å². The molecule has 0 aliphatic carbocycles. The Hall–Kier alpha value is -1.71. The van der Waals surface area contributed by atoms with E-state index in [1.54, 1.807) is 19.1 Å². The van der Waals surface area contributed by atoms with Crippen molar-refractivity contribution in [1.82, 2.24) is 0 Å². The lowest BCUT2D eigenvalue weighted by atomic mass is 10.00. The fraction of sp³-hybridized carbons (Fsp3) is 0.200. The first-order chi connectivity index (χ1) is 6.60. The number of benzene rings is 1. The Balaban J connectivity index is 3.33. The van der Waals surface area contributed by atoms with Gasteiger partial charge in [0.25, 0.3) is 0 Å². The molecule has 2 N–H and O–H groups in total. The lowest BCUT2D eigenvalue weighted by molar-refractivity contribution is 0.981. The Bertz CT molecular complexity index is 440. The molecule has 0 spiro atoms.